The van der Waals surface area contributed by atoms with E-state index in [0.29, 0.717) is 5.75 Å². The lowest BCUT2D eigenvalue weighted by atomic mass is 9.88. The van der Waals surface area contributed by atoms with Gasteiger partial charge in [-0.2, -0.15) is 0 Å². The minimum Gasteiger partial charge on any atom is -0.349 e. The summed E-state index contributed by atoms with van der Waals surface area (Å²) >= 11 is 1.22. The summed E-state index contributed by atoms with van der Waals surface area (Å²) in [5.74, 6) is 0.193. The van der Waals surface area contributed by atoms with E-state index >= 15 is 0 Å². The quantitative estimate of drug-likeness (QED) is 0.547. The van der Waals surface area contributed by atoms with Crippen molar-refractivity contribution in [3.63, 3.8) is 0 Å². The highest BCUT2D eigenvalue weighted by Crippen LogP contribution is 2.29. The summed E-state index contributed by atoms with van der Waals surface area (Å²) in [6.07, 6.45) is 0. The molecule has 0 fully saturated rings. The molecule has 29 heavy (non-hydrogen) atoms. The molecule has 2 unspecified atom stereocenters. The standard InChI is InChI=1S/C25H27NO2S/c1-17(20-9-5-4-6-10-20)24(16-29-19(3)27)25(28)26-18(2)22-14-13-21-11-7-8-12-23(21)15-22/h4-15,17-18,24H,16H2,1-3H3,(H,26,28)/t17?,18-,24?/m1/s1. The van der Waals surface area contributed by atoms with Crippen LogP contribution in [0.3, 0.4) is 0 Å². The summed E-state index contributed by atoms with van der Waals surface area (Å²) in [6, 6.07) is 24.4. The predicted molar refractivity (Wildman–Crippen MR) is 122 cm³/mol. The number of hydrogen-bond acceptors (Lipinski definition) is 3. The van der Waals surface area contributed by atoms with E-state index in [4.69, 9.17) is 0 Å². The van der Waals surface area contributed by atoms with Gasteiger partial charge in [0.25, 0.3) is 0 Å². The number of carbonyl (C=O) groups is 2. The molecular formula is C25H27NO2S. The minimum absolute atomic E-state index is 0.0178. The maximum Gasteiger partial charge on any atom is 0.225 e. The highest BCUT2D eigenvalue weighted by atomic mass is 32.2. The van der Waals surface area contributed by atoms with Crippen molar-refractivity contribution in [3.8, 4) is 0 Å². The largest absolute Gasteiger partial charge is 0.349 e. The molecule has 0 aliphatic heterocycles. The van der Waals surface area contributed by atoms with Crippen molar-refractivity contribution < 1.29 is 9.59 Å². The fourth-order valence-corrected chi connectivity index (χ4v) is 4.38. The molecule has 0 heterocycles. The average molecular weight is 406 g/mol. The zero-order chi connectivity index (χ0) is 20.8. The molecule has 1 amide bonds. The lowest BCUT2D eigenvalue weighted by Gasteiger charge is -2.25. The van der Waals surface area contributed by atoms with Gasteiger partial charge in [-0.15, -0.1) is 0 Å². The Morgan fingerprint density at radius 2 is 1.52 bits per heavy atom. The normalized spacial score (nSPS) is 14.2. The summed E-state index contributed by atoms with van der Waals surface area (Å²) in [5.41, 5.74) is 2.18. The van der Waals surface area contributed by atoms with Gasteiger partial charge >= 0.3 is 0 Å². The number of nitrogens with one attached hydrogen (secondary N) is 1. The number of carbonyl (C=O) groups excluding carboxylic acids is 2. The number of fused-ring (bicyclic) bond motifs is 1. The van der Waals surface area contributed by atoms with E-state index in [1.165, 1.54) is 17.1 Å². The Hall–Kier alpha value is -2.59. The first-order valence-electron chi connectivity index (χ1n) is 9.93. The molecule has 0 aliphatic carbocycles. The Bertz CT molecular complexity index is 986. The molecule has 0 aromatic heterocycles. The van der Waals surface area contributed by atoms with E-state index in [-0.39, 0.29) is 28.9 Å². The highest BCUT2D eigenvalue weighted by Gasteiger charge is 2.28. The molecule has 0 bridgehead atoms. The van der Waals surface area contributed by atoms with Crippen LogP contribution in [-0.4, -0.2) is 16.8 Å². The van der Waals surface area contributed by atoms with E-state index in [1.54, 1.807) is 6.92 Å². The smallest absolute Gasteiger partial charge is 0.225 e. The van der Waals surface area contributed by atoms with Crippen LogP contribution < -0.4 is 5.32 Å². The molecule has 150 valence electrons. The van der Waals surface area contributed by atoms with Crippen molar-refractivity contribution in [2.75, 3.05) is 5.75 Å². The van der Waals surface area contributed by atoms with Gasteiger partial charge in [0.05, 0.1) is 12.0 Å². The molecule has 0 spiro atoms. The maximum atomic E-state index is 13.2. The van der Waals surface area contributed by atoms with Crippen LogP contribution in [0.5, 0.6) is 0 Å². The first kappa shape index (κ1) is 21.1. The van der Waals surface area contributed by atoms with Crippen molar-refractivity contribution in [1.82, 2.24) is 5.32 Å². The molecule has 0 saturated carbocycles. The van der Waals surface area contributed by atoms with Crippen molar-refractivity contribution in [2.45, 2.75) is 32.7 Å². The zero-order valence-corrected chi connectivity index (χ0v) is 17.9. The van der Waals surface area contributed by atoms with Gasteiger partial charge in [-0.25, -0.2) is 0 Å². The molecule has 3 aromatic carbocycles. The molecular weight excluding hydrogens is 378 g/mol. The molecule has 3 nitrogen and oxygen atoms in total. The van der Waals surface area contributed by atoms with Crippen LogP contribution in [0.4, 0.5) is 0 Å². The van der Waals surface area contributed by atoms with Gasteiger partial charge in [0.15, 0.2) is 5.12 Å². The molecule has 1 N–H and O–H groups in total. The Balaban J connectivity index is 1.77. The Morgan fingerprint density at radius 3 is 2.21 bits per heavy atom. The molecule has 0 saturated heterocycles. The third kappa shape index (κ3) is 5.48. The Morgan fingerprint density at radius 1 is 0.862 bits per heavy atom. The fourth-order valence-electron chi connectivity index (χ4n) is 3.52. The third-order valence-electron chi connectivity index (χ3n) is 5.36. The lowest BCUT2D eigenvalue weighted by Crippen LogP contribution is -2.36. The second kappa shape index (κ2) is 9.75. The molecule has 0 radical (unpaired) electrons. The van der Waals surface area contributed by atoms with E-state index in [9.17, 15) is 9.59 Å². The van der Waals surface area contributed by atoms with Gasteiger partial charge in [-0.05, 0) is 40.8 Å². The Labute approximate surface area is 176 Å². The van der Waals surface area contributed by atoms with Crippen LogP contribution in [-0.2, 0) is 9.59 Å². The van der Waals surface area contributed by atoms with Gasteiger partial charge in [-0.1, -0.05) is 85.4 Å². The molecule has 3 atom stereocenters. The van der Waals surface area contributed by atoms with Crippen LogP contribution in [0.1, 0.15) is 43.9 Å². The summed E-state index contributed by atoms with van der Waals surface area (Å²) in [6.45, 7) is 5.61. The van der Waals surface area contributed by atoms with Crippen LogP contribution in [0.2, 0.25) is 0 Å². The van der Waals surface area contributed by atoms with Gasteiger partial charge in [0.2, 0.25) is 5.91 Å². The zero-order valence-electron chi connectivity index (χ0n) is 17.1. The summed E-state index contributed by atoms with van der Waals surface area (Å²) < 4.78 is 0. The van der Waals surface area contributed by atoms with Gasteiger partial charge in [-0.3, -0.25) is 9.59 Å². The third-order valence-corrected chi connectivity index (χ3v) is 6.30. The van der Waals surface area contributed by atoms with E-state index in [1.807, 2.05) is 49.4 Å². The van der Waals surface area contributed by atoms with E-state index in [0.717, 1.165) is 16.5 Å². The molecule has 0 aliphatic rings. The summed E-state index contributed by atoms with van der Waals surface area (Å²) in [5, 5.41) is 5.55. The first-order chi connectivity index (χ1) is 14.0. The minimum atomic E-state index is -0.283. The van der Waals surface area contributed by atoms with E-state index < -0.39 is 0 Å². The van der Waals surface area contributed by atoms with Crippen LogP contribution in [0.25, 0.3) is 10.8 Å². The second-order valence-corrected chi connectivity index (χ2v) is 8.64. The van der Waals surface area contributed by atoms with Crippen molar-refractivity contribution in [3.05, 3.63) is 83.9 Å². The number of thioether (sulfide) groups is 1. The monoisotopic (exact) mass is 405 g/mol. The van der Waals surface area contributed by atoms with E-state index in [2.05, 4.69) is 42.6 Å². The average Bonchev–Trinajstić information content (AvgIpc) is 2.73. The van der Waals surface area contributed by atoms with Crippen molar-refractivity contribution in [1.29, 1.82) is 0 Å². The highest BCUT2D eigenvalue weighted by molar-refractivity contribution is 8.13. The molecule has 3 aromatic rings. The van der Waals surface area contributed by atoms with Gasteiger partial charge in [0.1, 0.15) is 0 Å². The number of benzene rings is 3. The van der Waals surface area contributed by atoms with Crippen LogP contribution >= 0.6 is 11.8 Å². The van der Waals surface area contributed by atoms with Gasteiger partial charge in [0, 0.05) is 12.7 Å². The van der Waals surface area contributed by atoms with Crippen LogP contribution in [0, 0.1) is 5.92 Å². The van der Waals surface area contributed by atoms with Crippen molar-refractivity contribution >= 4 is 33.6 Å². The summed E-state index contributed by atoms with van der Waals surface area (Å²) in [7, 11) is 0. The number of hydrogen-bond donors (Lipinski definition) is 1. The SMILES string of the molecule is CC(=O)SCC(C(=O)N[C@H](C)c1ccc2ccccc2c1)C(C)c1ccccc1. The van der Waals surface area contributed by atoms with Crippen LogP contribution in [0.15, 0.2) is 72.8 Å². The van der Waals surface area contributed by atoms with Gasteiger partial charge < -0.3 is 5.32 Å². The molecule has 4 heteroatoms. The number of rotatable bonds is 7. The topological polar surface area (TPSA) is 46.2 Å². The van der Waals surface area contributed by atoms with Crippen molar-refractivity contribution in [2.24, 2.45) is 5.92 Å². The summed E-state index contributed by atoms with van der Waals surface area (Å²) in [4.78, 5) is 24.7. The Kier molecular flexibility index (Phi) is 7.10. The molecule has 3 rings (SSSR count). The second-order valence-electron chi connectivity index (χ2n) is 7.45. The number of amides is 1. The predicted octanol–water partition coefficient (Wildman–Crippen LogP) is 5.72. The first-order valence-corrected chi connectivity index (χ1v) is 10.9. The lowest BCUT2D eigenvalue weighted by molar-refractivity contribution is -0.125. The maximum absolute atomic E-state index is 13.2. The fraction of sp³-hybridized carbons (Fsp3) is 0.280.